The molecule has 0 radical (unpaired) electrons. The zero-order chi connectivity index (χ0) is 22.1. The number of nitrogens with one attached hydrogen (secondary N) is 2. The van der Waals surface area contributed by atoms with E-state index in [0.29, 0.717) is 5.11 Å². The molecule has 2 N–H and O–H groups in total. The van der Waals surface area contributed by atoms with E-state index in [1.807, 2.05) is 66.9 Å². The number of aromatic amines is 1. The predicted molar refractivity (Wildman–Crippen MR) is 131 cm³/mol. The molecule has 1 fully saturated rings. The van der Waals surface area contributed by atoms with Gasteiger partial charge in [-0.15, -0.1) is 0 Å². The standard InChI is InChI=1S/C26H24N4OS/c1-17-16-22(18(2)28-17)25-24(23-10-6-7-15-27-23)29-26(32)30(25)19-11-13-21(14-12-19)31-20-8-4-3-5-9-20/h3-16,24-25,28H,1-2H3,(H,29,32). The Morgan fingerprint density at radius 2 is 1.62 bits per heavy atom. The summed E-state index contributed by atoms with van der Waals surface area (Å²) in [6, 6.07) is 25.9. The number of pyridine rings is 1. The minimum atomic E-state index is -0.0576. The highest BCUT2D eigenvalue weighted by Gasteiger charge is 2.41. The van der Waals surface area contributed by atoms with Gasteiger partial charge in [-0.25, -0.2) is 0 Å². The maximum absolute atomic E-state index is 5.97. The van der Waals surface area contributed by atoms with E-state index in [1.165, 1.54) is 5.56 Å². The molecule has 6 heteroatoms. The Morgan fingerprint density at radius 3 is 2.28 bits per heavy atom. The van der Waals surface area contributed by atoms with Crippen LogP contribution in [-0.4, -0.2) is 15.1 Å². The monoisotopic (exact) mass is 440 g/mol. The number of H-pyrrole nitrogens is 1. The second-order valence-electron chi connectivity index (χ2n) is 7.94. The molecule has 2 unspecified atom stereocenters. The molecule has 160 valence electrons. The first-order valence-electron chi connectivity index (χ1n) is 10.6. The van der Waals surface area contributed by atoms with Crippen LogP contribution in [-0.2, 0) is 0 Å². The van der Waals surface area contributed by atoms with Crippen molar-refractivity contribution in [3.05, 3.63) is 108 Å². The number of anilines is 1. The largest absolute Gasteiger partial charge is 0.457 e. The van der Waals surface area contributed by atoms with Crippen LogP contribution in [0.25, 0.3) is 0 Å². The molecule has 2 aromatic carbocycles. The number of nitrogens with zero attached hydrogens (tertiary/aromatic N) is 2. The van der Waals surface area contributed by atoms with Gasteiger partial charge in [-0.05, 0) is 86.2 Å². The lowest BCUT2D eigenvalue weighted by Gasteiger charge is -2.28. The van der Waals surface area contributed by atoms with Crippen molar-refractivity contribution in [3.63, 3.8) is 0 Å². The Bertz CT molecular complexity index is 1220. The van der Waals surface area contributed by atoms with Crippen LogP contribution in [0.3, 0.4) is 0 Å². The van der Waals surface area contributed by atoms with Crippen LogP contribution in [0.15, 0.2) is 85.1 Å². The van der Waals surface area contributed by atoms with Gasteiger partial charge in [-0.3, -0.25) is 4.98 Å². The molecule has 1 aliphatic heterocycles. The van der Waals surface area contributed by atoms with Gasteiger partial charge in [0.05, 0.1) is 17.8 Å². The molecular weight excluding hydrogens is 416 g/mol. The molecule has 5 nitrogen and oxygen atoms in total. The van der Waals surface area contributed by atoms with E-state index in [2.05, 4.69) is 52.2 Å². The maximum atomic E-state index is 5.97. The normalized spacial score (nSPS) is 17.9. The Labute approximate surface area is 193 Å². The van der Waals surface area contributed by atoms with Crippen molar-refractivity contribution >= 4 is 23.0 Å². The topological polar surface area (TPSA) is 53.2 Å². The second-order valence-corrected chi connectivity index (χ2v) is 8.33. The highest BCUT2D eigenvalue weighted by molar-refractivity contribution is 7.80. The summed E-state index contributed by atoms with van der Waals surface area (Å²) in [5.74, 6) is 1.59. The Morgan fingerprint density at radius 1 is 0.906 bits per heavy atom. The molecule has 1 saturated heterocycles. The van der Waals surface area contributed by atoms with Crippen molar-refractivity contribution in [2.24, 2.45) is 0 Å². The molecule has 3 heterocycles. The third kappa shape index (κ3) is 3.85. The summed E-state index contributed by atoms with van der Waals surface area (Å²) < 4.78 is 5.97. The summed E-state index contributed by atoms with van der Waals surface area (Å²) in [7, 11) is 0. The predicted octanol–water partition coefficient (Wildman–Crippen LogP) is 6.00. The van der Waals surface area contributed by atoms with Crippen LogP contribution in [0.1, 0.15) is 34.7 Å². The molecule has 0 saturated carbocycles. The molecule has 1 aliphatic rings. The van der Waals surface area contributed by atoms with Crippen molar-refractivity contribution in [2.75, 3.05) is 4.90 Å². The second kappa shape index (κ2) is 8.48. The number of rotatable bonds is 5. The minimum Gasteiger partial charge on any atom is -0.457 e. The molecule has 0 aliphatic carbocycles. The van der Waals surface area contributed by atoms with E-state index in [1.54, 1.807) is 0 Å². The van der Waals surface area contributed by atoms with Gasteiger partial charge in [-0.2, -0.15) is 0 Å². The van der Waals surface area contributed by atoms with Gasteiger partial charge in [0.1, 0.15) is 11.5 Å². The third-order valence-corrected chi connectivity index (χ3v) is 6.01. The Balaban J connectivity index is 1.51. The molecule has 32 heavy (non-hydrogen) atoms. The van der Waals surface area contributed by atoms with Gasteiger partial charge in [0.25, 0.3) is 0 Å². The number of para-hydroxylation sites is 1. The highest BCUT2D eigenvalue weighted by atomic mass is 32.1. The lowest BCUT2D eigenvalue weighted by molar-refractivity contribution is 0.482. The summed E-state index contributed by atoms with van der Waals surface area (Å²) in [6.45, 7) is 4.18. The number of ether oxygens (including phenoxy) is 1. The first kappa shape index (κ1) is 20.3. The van der Waals surface area contributed by atoms with Gasteiger partial charge >= 0.3 is 0 Å². The number of thiocarbonyl (C=S) groups is 1. The Kier molecular flexibility index (Phi) is 5.37. The molecule has 0 amide bonds. The van der Waals surface area contributed by atoms with Crippen LogP contribution in [0.5, 0.6) is 11.5 Å². The molecule has 2 aromatic heterocycles. The van der Waals surface area contributed by atoms with Crippen molar-refractivity contribution in [1.29, 1.82) is 0 Å². The van der Waals surface area contributed by atoms with E-state index >= 15 is 0 Å². The van der Waals surface area contributed by atoms with Crippen LogP contribution in [0.4, 0.5) is 5.69 Å². The number of aryl methyl sites for hydroxylation is 2. The summed E-state index contributed by atoms with van der Waals surface area (Å²) in [5, 5.41) is 4.19. The maximum Gasteiger partial charge on any atom is 0.174 e. The molecular formula is C26H24N4OS. The van der Waals surface area contributed by atoms with Crippen LogP contribution in [0.2, 0.25) is 0 Å². The quantitative estimate of drug-likeness (QED) is 0.373. The van der Waals surface area contributed by atoms with E-state index in [-0.39, 0.29) is 12.1 Å². The van der Waals surface area contributed by atoms with Crippen LogP contribution >= 0.6 is 12.2 Å². The van der Waals surface area contributed by atoms with Gasteiger partial charge in [-0.1, -0.05) is 24.3 Å². The summed E-state index contributed by atoms with van der Waals surface area (Å²) in [4.78, 5) is 10.2. The van der Waals surface area contributed by atoms with Gasteiger partial charge in [0, 0.05) is 23.3 Å². The fourth-order valence-electron chi connectivity index (χ4n) is 4.30. The van der Waals surface area contributed by atoms with E-state index in [4.69, 9.17) is 17.0 Å². The van der Waals surface area contributed by atoms with Crippen molar-refractivity contribution < 1.29 is 4.74 Å². The molecule has 4 aromatic rings. The smallest absolute Gasteiger partial charge is 0.174 e. The number of aromatic nitrogens is 2. The van der Waals surface area contributed by atoms with Crippen molar-refractivity contribution in [2.45, 2.75) is 25.9 Å². The van der Waals surface area contributed by atoms with Crippen molar-refractivity contribution in [3.8, 4) is 11.5 Å². The Hall–Kier alpha value is -3.64. The SMILES string of the molecule is Cc1cc(C2C(c3ccccn3)NC(=S)N2c2ccc(Oc3ccccc3)cc2)c(C)[nH]1. The highest BCUT2D eigenvalue weighted by Crippen LogP contribution is 2.43. The third-order valence-electron chi connectivity index (χ3n) is 5.70. The molecule has 5 rings (SSSR count). The number of benzene rings is 2. The van der Waals surface area contributed by atoms with Gasteiger partial charge in [0.2, 0.25) is 0 Å². The fraction of sp³-hybridized carbons (Fsp3) is 0.154. The van der Waals surface area contributed by atoms with Gasteiger partial charge in [0.15, 0.2) is 5.11 Å². The van der Waals surface area contributed by atoms with Gasteiger partial charge < -0.3 is 19.9 Å². The minimum absolute atomic E-state index is 0.0248. The van der Waals surface area contributed by atoms with E-state index in [9.17, 15) is 0 Å². The van der Waals surface area contributed by atoms with Crippen LogP contribution < -0.4 is 15.0 Å². The molecule has 0 bridgehead atoms. The van der Waals surface area contributed by atoms with Crippen molar-refractivity contribution in [1.82, 2.24) is 15.3 Å². The molecule has 0 spiro atoms. The summed E-state index contributed by atoms with van der Waals surface area (Å²) in [5.41, 5.74) is 5.43. The molecule has 2 atom stereocenters. The zero-order valence-corrected chi connectivity index (χ0v) is 18.8. The van der Waals surface area contributed by atoms with E-state index < -0.39 is 0 Å². The first-order chi connectivity index (χ1) is 15.6. The summed E-state index contributed by atoms with van der Waals surface area (Å²) in [6.07, 6.45) is 1.82. The fourth-order valence-corrected chi connectivity index (χ4v) is 4.65. The average Bonchev–Trinajstić information content (AvgIpc) is 3.33. The number of hydrogen-bond donors (Lipinski definition) is 2. The lowest BCUT2D eigenvalue weighted by Crippen LogP contribution is -2.29. The van der Waals surface area contributed by atoms with Crippen LogP contribution in [0, 0.1) is 13.8 Å². The zero-order valence-electron chi connectivity index (χ0n) is 17.9. The lowest BCUT2D eigenvalue weighted by atomic mass is 9.96. The van der Waals surface area contributed by atoms with E-state index in [0.717, 1.165) is 34.3 Å². The first-order valence-corrected chi connectivity index (χ1v) is 11.0. The number of hydrogen-bond acceptors (Lipinski definition) is 3. The average molecular weight is 441 g/mol. The summed E-state index contributed by atoms with van der Waals surface area (Å²) >= 11 is 5.81.